The summed E-state index contributed by atoms with van der Waals surface area (Å²) in [6, 6.07) is 1.90. The molecule has 110 valence electrons. The summed E-state index contributed by atoms with van der Waals surface area (Å²) in [6.07, 6.45) is 2.14. The summed E-state index contributed by atoms with van der Waals surface area (Å²) in [6.45, 7) is 7.79. The Labute approximate surface area is 120 Å². The first kappa shape index (κ1) is 14.8. The Kier molecular flexibility index (Phi) is 4.60. The van der Waals surface area contributed by atoms with Crippen LogP contribution in [0.5, 0.6) is 0 Å². The smallest absolute Gasteiger partial charge is 0.257 e. The van der Waals surface area contributed by atoms with E-state index in [1.807, 2.05) is 24.8 Å². The first-order valence-corrected chi connectivity index (χ1v) is 7.20. The van der Waals surface area contributed by atoms with Crippen LogP contribution in [0.3, 0.4) is 0 Å². The monoisotopic (exact) mass is 277 g/mol. The third-order valence-electron chi connectivity index (χ3n) is 3.83. The second kappa shape index (κ2) is 6.22. The van der Waals surface area contributed by atoms with Crippen LogP contribution in [0.25, 0.3) is 0 Å². The highest BCUT2D eigenvalue weighted by molar-refractivity contribution is 5.99. The molecule has 0 bridgehead atoms. The number of carbonyl (C=O) groups excluding carboxylic acids is 1. The van der Waals surface area contributed by atoms with Gasteiger partial charge in [-0.3, -0.25) is 9.78 Å². The zero-order valence-corrected chi connectivity index (χ0v) is 12.4. The number of pyridine rings is 1. The molecule has 0 radical (unpaired) electrons. The number of hydrogen-bond donors (Lipinski definition) is 2. The van der Waals surface area contributed by atoms with E-state index in [1.54, 1.807) is 13.1 Å². The normalized spacial score (nSPS) is 20.0. The number of aliphatic hydroxyl groups is 1. The van der Waals surface area contributed by atoms with E-state index in [2.05, 4.69) is 10.3 Å². The fraction of sp³-hybridized carbons (Fsp3) is 0.600. The van der Waals surface area contributed by atoms with Crippen LogP contribution in [-0.4, -0.2) is 46.6 Å². The van der Waals surface area contributed by atoms with E-state index >= 15 is 0 Å². The summed E-state index contributed by atoms with van der Waals surface area (Å²) >= 11 is 0. The Bertz CT molecular complexity index is 488. The van der Waals surface area contributed by atoms with E-state index in [-0.39, 0.29) is 17.9 Å². The number of amides is 1. The van der Waals surface area contributed by atoms with Crippen LogP contribution in [0.15, 0.2) is 12.3 Å². The molecule has 2 N–H and O–H groups in total. The molecule has 2 atom stereocenters. The topological polar surface area (TPSA) is 65.5 Å². The number of nitrogens with zero attached hydrogens (tertiary/aromatic N) is 2. The van der Waals surface area contributed by atoms with Crippen LogP contribution < -0.4 is 5.32 Å². The minimum atomic E-state index is -0.364. The lowest BCUT2D eigenvalue weighted by atomic mass is 10.0. The summed E-state index contributed by atoms with van der Waals surface area (Å²) in [5.74, 6) is 0.177. The maximum Gasteiger partial charge on any atom is 0.257 e. The van der Waals surface area contributed by atoms with E-state index < -0.39 is 0 Å². The molecule has 1 saturated heterocycles. The molecule has 1 amide bonds. The molecule has 0 saturated carbocycles. The third kappa shape index (κ3) is 3.10. The molecule has 0 aliphatic carbocycles. The third-order valence-corrected chi connectivity index (χ3v) is 3.83. The Morgan fingerprint density at radius 1 is 1.65 bits per heavy atom. The maximum absolute atomic E-state index is 12.6. The number of rotatable bonds is 4. The molecule has 1 fully saturated rings. The predicted octanol–water partition coefficient (Wildman–Crippen LogP) is 1.66. The molecule has 5 heteroatoms. The van der Waals surface area contributed by atoms with Gasteiger partial charge >= 0.3 is 0 Å². The van der Waals surface area contributed by atoms with Crippen molar-refractivity contribution in [2.75, 3.05) is 25.0 Å². The van der Waals surface area contributed by atoms with Crippen LogP contribution in [0.2, 0.25) is 0 Å². The molecular formula is C15H23N3O2. The minimum absolute atomic E-state index is 0.00315. The van der Waals surface area contributed by atoms with Gasteiger partial charge in [-0.1, -0.05) is 0 Å². The lowest BCUT2D eigenvalue weighted by molar-refractivity contribution is 0.0763. The first-order valence-electron chi connectivity index (χ1n) is 7.20. The number of anilines is 1. The molecule has 20 heavy (non-hydrogen) atoms. The first-order chi connectivity index (χ1) is 9.52. The Morgan fingerprint density at radius 3 is 3.00 bits per heavy atom. The minimum Gasteiger partial charge on any atom is -0.393 e. The molecule has 0 spiro atoms. The fourth-order valence-corrected chi connectivity index (χ4v) is 2.60. The van der Waals surface area contributed by atoms with Crippen molar-refractivity contribution in [2.24, 2.45) is 5.92 Å². The number of nitrogens with one attached hydrogen (secondary N) is 1. The standard InChI is InChI=1S/C15H23N3O2/c1-4-16-14-7-10(2)17-8-13(14)15(20)18-6-5-12(9-18)11(3)19/h7-8,11-12,19H,4-6,9H2,1-3H3,(H,16,17). The highest BCUT2D eigenvalue weighted by Gasteiger charge is 2.30. The van der Waals surface area contributed by atoms with Gasteiger partial charge in [0.25, 0.3) is 5.91 Å². The van der Waals surface area contributed by atoms with Crippen molar-refractivity contribution in [3.05, 3.63) is 23.5 Å². The van der Waals surface area contributed by atoms with Gasteiger partial charge in [0.2, 0.25) is 0 Å². The van der Waals surface area contributed by atoms with Crippen LogP contribution in [0.1, 0.15) is 36.3 Å². The van der Waals surface area contributed by atoms with Crippen LogP contribution in [0, 0.1) is 12.8 Å². The van der Waals surface area contributed by atoms with Crippen LogP contribution >= 0.6 is 0 Å². The van der Waals surface area contributed by atoms with E-state index in [9.17, 15) is 9.90 Å². The Hall–Kier alpha value is -1.62. The van der Waals surface area contributed by atoms with Crippen molar-refractivity contribution >= 4 is 11.6 Å². The largest absolute Gasteiger partial charge is 0.393 e. The van der Waals surface area contributed by atoms with Gasteiger partial charge < -0.3 is 15.3 Å². The van der Waals surface area contributed by atoms with Crippen molar-refractivity contribution < 1.29 is 9.90 Å². The predicted molar refractivity (Wildman–Crippen MR) is 78.8 cm³/mol. The van der Waals surface area contributed by atoms with Gasteiger partial charge in [-0.2, -0.15) is 0 Å². The number of aromatic nitrogens is 1. The van der Waals surface area contributed by atoms with Crippen LogP contribution in [0.4, 0.5) is 5.69 Å². The van der Waals surface area contributed by atoms with Gasteiger partial charge in [0.15, 0.2) is 0 Å². The van der Waals surface area contributed by atoms with Gasteiger partial charge in [-0.25, -0.2) is 0 Å². The quantitative estimate of drug-likeness (QED) is 0.878. The van der Waals surface area contributed by atoms with Crippen molar-refractivity contribution in [1.82, 2.24) is 9.88 Å². The molecule has 5 nitrogen and oxygen atoms in total. The molecule has 0 aromatic carbocycles. The van der Waals surface area contributed by atoms with Gasteiger partial charge in [0, 0.05) is 37.4 Å². The van der Waals surface area contributed by atoms with Gasteiger partial charge in [-0.05, 0) is 33.3 Å². The van der Waals surface area contributed by atoms with E-state index in [0.717, 1.165) is 24.3 Å². The molecule has 2 rings (SSSR count). The van der Waals surface area contributed by atoms with Crippen molar-refractivity contribution in [2.45, 2.75) is 33.3 Å². The van der Waals surface area contributed by atoms with E-state index in [4.69, 9.17) is 0 Å². The Balaban J connectivity index is 2.17. The number of aliphatic hydroxyl groups excluding tert-OH is 1. The number of likely N-dealkylation sites (tertiary alicyclic amines) is 1. The summed E-state index contributed by atoms with van der Waals surface area (Å²) in [5.41, 5.74) is 2.34. The SMILES string of the molecule is CCNc1cc(C)ncc1C(=O)N1CCC(C(C)O)C1. The molecule has 1 aromatic rings. The van der Waals surface area contributed by atoms with E-state index in [1.165, 1.54) is 0 Å². The average Bonchev–Trinajstić information content (AvgIpc) is 2.88. The van der Waals surface area contributed by atoms with Crippen molar-refractivity contribution in [1.29, 1.82) is 0 Å². The van der Waals surface area contributed by atoms with Crippen molar-refractivity contribution in [3.8, 4) is 0 Å². The molecule has 1 aliphatic heterocycles. The molecule has 2 heterocycles. The molecule has 1 aliphatic rings. The summed E-state index contributed by atoms with van der Waals surface area (Å²) < 4.78 is 0. The number of hydrogen-bond acceptors (Lipinski definition) is 4. The van der Waals surface area contributed by atoms with Crippen LogP contribution in [-0.2, 0) is 0 Å². The highest BCUT2D eigenvalue weighted by Crippen LogP contribution is 2.24. The van der Waals surface area contributed by atoms with E-state index in [0.29, 0.717) is 18.7 Å². The Morgan fingerprint density at radius 2 is 2.40 bits per heavy atom. The lowest BCUT2D eigenvalue weighted by Crippen LogP contribution is -2.31. The number of aryl methyl sites for hydroxylation is 1. The lowest BCUT2D eigenvalue weighted by Gasteiger charge is -2.19. The van der Waals surface area contributed by atoms with Gasteiger partial charge in [-0.15, -0.1) is 0 Å². The maximum atomic E-state index is 12.6. The number of carbonyl (C=O) groups is 1. The molecule has 2 unspecified atom stereocenters. The summed E-state index contributed by atoms with van der Waals surface area (Å²) in [5, 5.41) is 12.9. The summed E-state index contributed by atoms with van der Waals surface area (Å²) in [4.78, 5) is 18.6. The second-order valence-corrected chi connectivity index (χ2v) is 5.44. The average molecular weight is 277 g/mol. The zero-order chi connectivity index (χ0) is 14.7. The second-order valence-electron chi connectivity index (χ2n) is 5.44. The summed E-state index contributed by atoms with van der Waals surface area (Å²) in [7, 11) is 0. The highest BCUT2D eigenvalue weighted by atomic mass is 16.3. The molecular weight excluding hydrogens is 254 g/mol. The van der Waals surface area contributed by atoms with Gasteiger partial charge in [0.1, 0.15) is 0 Å². The van der Waals surface area contributed by atoms with Crippen molar-refractivity contribution in [3.63, 3.8) is 0 Å². The molecule has 1 aromatic heterocycles. The zero-order valence-electron chi connectivity index (χ0n) is 12.4. The van der Waals surface area contributed by atoms with Gasteiger partial charge in [0.05, 0.1) is 17.4 Å². The fourth-order valence-electron chi connectivity index (χ4n) is 2.60.